The lowest BCUT2D eigenvalue weighted by Gasteiger charge is -2.05. The molecular weight excluding hydrogens is 208 g/mol. The van der Waals surface area contributed by atoms with Gasteiger partial charge in [0.1, 0.15) is 0 Å². The van der Waals surface area contributed by atoms with Crippen molar-refractivity contribution in [2.75, 3.05) is 13.7 Å². The van der Waals surface area contributed by atoms with E-state index in [0.717, 1.165) is 17.5 Å². The molecule has 5 nitrogen and oxygen atoms in total. The highest BCUT2D eigenvalue weighted by atomic mass is 16.6. The van der Waals surface area contributed by atoms with Crippen LogP contribution in [-0.4, -0.2) is 24.8 Å². The van der Waals surface area contributed by atoms with Crippen molar-refractivity contribution in [3.63, 3.8) is 0 Å². The maximum absolute atomic E-state index is 11.0. The van der Waals surface area contributed by atoms with E-state index in [9.17, 15) is 4.79 Å². The Balaban J connectivity index is 2.29. The Bertz CT molecular complexity index is 325. The summed E-state index contributed by atoms with van der Waals surface area (Å²) in [5, 5.41) is 11.5. The number of benzene rings is 1. The summed E-state index contributed by atoms with van der Waals surface area (Å²) in [6.45, 7) is 0.586. The van der Waals surface area contributed by atoms with Gasteiger partial charge in [-0.2, -0.15) is 0 Å². The number of hydroxylamine groups is 1. The van der Waals surface area contributed by atoms with E-state index in [1.807, 2.05) is 24.3 Å². The number of amides is 2. The molecule has 16 heavy (non-hydrogen) atoms. The number of carbonyl (C=O) groups is 1. The smallest absolute Gasteiger partial charge is 0.338 e. The van der Waals surface area contributed by atoms with Crippen LogP contribution >= 0.6 is 0 Å². The number of hydrogen-bond donors (Lipinski definition) is 3. The van der Waals surface area contributed by atoms with E-state index in [2.05, 4.69) is 15.6 Å². The van der Waals surface area contributed by atoms with Crippen LogP contribution in [0.25, 0.3) is 0 Å². The van der Waals surface area contributed by atoms with Crippen LogP contribution in [0.2, 0.25) is 0 Å². The van der Waals surface area contributed by atoms with E-state index < -0.39 is 0 Å². The van der Waals surface area contributed by atoms with E-state index in [4.69, 9.17) is 5.11 Å². The molecule has 0 unspecified atom stereocenters. The zero-order valence-electron chi connectivity index (χ0n) is 9.19. The molecular formula is C11H16N2O3. The van der Waals surface area contributed by atoms with Crippen LogP contribution in [0.4, 0.5) is 4.79 Å². The minimum absolute atomic E-state index is 0.0504. The molecule has 0 aliphatic rings. The van der Waals surface area contributed by atoms with Gasteiger partial charge in [0.25, 0.3) is 0 Å². The highest BCUT2D eigenvalue weighted by Gasteiger charge is 1.98. The van der Waals surface area contributed by atoms with Gasteiger partial charge in [0, 0.05) is 6.54 Å². The summed E-state index contributed by atoms with van der Waals surface area (Å²) in [4.78, 5) is 15.4. The summed E-state index contributed by atoms with van der Waals surface area (Å²) < 4.78 is 0. The van der Waals surface area contributed by atoms with Crippen molar-refractivity contribution >= 4 is 6.03 Å². The molecule has 1 aromatic rings. The molecule has 0 aliphatic heterocycles. The van der Waals surface area contributed by atoms with Gasteiger partial charge in [0.15, 0.2) is 0 Å². The van der Waals surface area contributed by atoms with Crippen LogP contribution in [0, 0.1) is 0 Å². The molecule has 1 aromatic carbocycles. The number of hydrogen-bond acceptors (Lipinski definition) is 3. The van der Waals surface area contributed by atoms with E-state index in [1.165, 1.54) is 7.11 Å². The monoisotopic (exact) mass is 224 g/mol. The first kappa shape index (κ1) is 12.5. The standard InChI is InChI=1S/C11H16N2O3/c1-16-13-11(15)12-7-6-9-2-4-10(8-14)5-3-9/h2-5,14H,6-8H2,1H3,(H2,12,13,15). The zero-order chi connectivity index (χ0) is 11.8. The third-order valence-corrected chi connectivity index (χ3v) is 2.10. The lowest BCUT2D eigenvalue weighted by molar-refractivity contribution is 0.107. The third kappa shape index (κ3) is 4.29. The fourth-order valence-electron chi connectivity index (χ4n) is 1.26. The van der Waals surface area contributed by atoms with Gasteiger partial charge >= 0.3 is 6.03 Å². The van der Waals surface area contributed by atoms with Crippen LogP contribution in [0.3, 0.4) is 0 Å². The van der Waals surface area contributed by atoms with Gasteiger partial charge in [0.2, 0.25) is 0 Å². The lowest BCUT2D eigenvalue weighted by atomic mass is 10.1. The average Bonchev–Trinajstić information content (AvgIpc) is 2.30. The number of carbonyl (C=O) groups excluding carboxylic acids is 1. The van der Waals surface area contributed by atoms with Gasteiger partial charge in [-0.3, -0.25) is 4.84 Å². The Morgan fingerprint density at radius 2 is 1.94 bits per heavy atom. The number of urea groups is 1. The van der Waals surface area contributed by atoms with Crippen LogP contribution in [0.1, 0.15) is 11.1 Å². The molecule has 0 spiro atoms. The SMILES string of the molecule is CONC(=O)NCCc1ccc(CO)cc1. The fraction of sp³-hybridized carbons (Fsp3) is 0.364. The van der Waals surface area contributed by atoms with Gasteiger partial charge in [0.05, 0.1) is 13.7 Å². The molecule has 0 aromatic heterocycles. The summed E-state index contributed by atoms with van der Waals surface area (Å²) >= 11 is 0. The van der Waals surface area contributed by atoms with Crippen molar-refractivity contribution < 1.29 is 14.7 Å². The first-order valence-electron chi connectivity index (χ1n) is 5.01. The maximum Gasteiger partial charge on any atom is 0.338 e. The number of aliphatic hydroxyl groups excluding tert-OH is 1. The van der Waals surface area contributed by atoms with Crippen LogP contribution in [0.15, 0.2) is 24.3 Å². The first-order valence-corrected chi connectivity index (χ1v) is 5.01. The number of rotatable bonds is 5. The second-order valence-electron chi connectivity index (χ2n) is 3.29. The summed E-state index contributed by atoms with van der Waals surface area (Å²) in [6.07, 6.45) is 0.739. The van der Waals surface area contributed by atoms with Crippen LogP contribution < -0.4 is 10.8 Å². The Morgan fingerprint density at radius 1 is 1.31 bits per heavy atom. The van der Waals surface area contributed by atoms with Crippen molar-refractivity contribution in [2.45, 2.75) is 13.0 Å². The second kappa shape index (κ2) is 6.81. The summed E-state index contributed by atoms with van der Waals surface area (Å²) in [7, 11) is 1.38. The molecule has 0 bridgehead atoms. The summed E-state index contributed by atoms with van der Waals surface area (Å²) in [6, 6.07) is 7.24. The second-order valence-corrected chi connectivity index (χ2v) is 3.29. The largest absolute Gasteiger partial charge is 0.392 e. The van der Waals surface area contributed by atoms with Gasteiger partial charge < -0.3 is 10.4 Å². The lowest BCUT2D eigenvalue weighted by Crippen LogP contribution is -2.35. The van der Waals surface area contributed by atoms with Gasteiger partial charge in [-0.05, 0) is 17.5 Å². The highest BCUT2D eigenvalue weighted by Crippen LogP contribution is 2.04. The molecule has 0 saturated heterocycles. The van der Waals surface area contributed by atoms with Crippen molar-refractivity contribution in [2.24, 2.45) is 0 Å². The molecule has 0 saturated carbocycles. The number of nitrogens with one attached hydrogen (secondary N) is 2. The predicted octanol–water partition coefficient (Wildman–Crippen LogP) is 0.582. The minimum Gasteiger partial charge on any atom is -0.392 e. The van der Waals surface area contributed by atoms with Crippen LogP contribution in [-0.2, 0) is 17.9 Å². The van der Waals surface area contributed by atoms with E-state index in [1.54, 1.807) is 0 Å². The molecule has 0 fully saturated rings. The van der Waals surface area contributed by atoms with Crippen LogP contribution in [0.5, 0.6) is 0 Å². The molecule has 0 atom stereocenters. The molecule has 0 aliphatic carbocycles. The fourth-order valence-corrected chi connectivity index (χ4v) is 1.26. The molecule has 88 valence electrons. The van der Waals surface area contributed by atoms with Crippen molar-refractivity contribution in [3.8, 4) is 0 Å². The first-order chi connectivity index (χ1) is 7.76. The minimum atomic E-state index is -0.352. The molecule has 1 rings (SSSR count). The summed E-state index contributed by atoms with van der Waals surface area (Å²) in [5.41, 5.74) is 4.16. The Kier molecular flexibility index (Phi) is 5.31. The van der Waals surface area contributed by atoms with E-state index in [0.29, 0.717) is 6.54 Å². The topological polar surface area (TPSA) is 70.6 Å². The Morgan fingerprint density at radius 3 is 2.50 bits per heavy atom. The molecule has 3 N–H and O–H groups in total. The Hall–Kier alpha value is -1.59. The van der Waals surface area contributed by atoms with Crippen molar-refractivity contribution in [3.05, 3.63) is 35.4 Å². The third-order valence-electron chi connectivity index (χ3n) is 2.10. The molecule has 5 heteroatoms. The van der Waals surface area contributed by atoms with Gasteiger partial charge in [-0.25, -0.2) is 10.3 Å². The average molecular weight is 224 g/mol. The van der Waals surface area contributed by atoms with Gasteiger partial charge in [-0.1, -0.05) is 24.3 Å². The van der Waals surface area contributed by atoms with Crippen molar-refractivity contribution in [1.82, 2.24) is 10.8 Å². The number of aliphatic hydroxyl groups is 1. The highest BCUT2D eigenvalue weighted by molar-refractivity contribution is 5.72. The van der Waals surface area contributed by atoms with E-state index >= 15 is 0 Å². The van der Waals surface area contributed by atoms with E-state index in [-0.39, 0.29) is 12.6 Å². The Labute approximate surface area is 94.4 Å². The predicted molar refractivity (Wildman–Crippen MR) is 59.6 cm³/mol. The zero-order valence-corrected chi connectivity index (χ0v) is 9.19. The molecule has 2 amide bonds. The quantitative estimate of drug-likeness (QED) is 0.641. The molecule has 0 heterocycles. The van der Waals surface area contributed by atoms with Gasteiger partial charge in [-0.15, -0.1) is 0 Å². The maximum atomic E-state index is 11.0. The summed E-state index contributed by atoms with van der Waals surface area (Å²) in [5.74, 6) is 0. The van der Waals surface area contributed by atoms with Crippen molar-refractivity contribution in [1.29, 1.82) is 0 Å². The molecule has 0 radical (unpaired) electrons. The normalized spacial score (nSPS) is 9.88.